The Balaban J connectivity index is 1.51. The highest BCUT2D eigenvalue weighted by atomic mass is 32.1. The number of hydrogen-bond donors (Lipinski definition) is 0. The quantitative estimate of drug-likeness (QED) is 0.433. The van der Waals surface area contributed by atoms with Crippen molar-refractivity contribution in [3.63, 3.8) is 0 Å². The molecule has 0 bridgehead atoms. The minimum Gasteiger partial charge on any atom is -0.453 e. The lowest BCUT2D eigenvalue weighted by Gasteiger charge is -2.04. The molecular weight excluding hydrogens is 388 g/mol. The topological polar surface area (TPSA) is 87.7 Å². The third kappa shape index (κ3) is 4.04. The second-order valence-electron chi connectivity index (χ2n) is 6.95. The van der Waals surface area contributed by atoms with Crippen LogP contribution in [0, 0.1) is 13.8 Å². The number of fused-ring (bicyclic) bond motifs is 1. The average molecular weight is 411 g/mol. The zero-order chi connectivity index (χ0) is 20.4. The van der Waals surface area contributed by atoms with Gasteiger partial charge >= 0.3 is 5.97 Å². The largest absolute Gasteiger partial charge is 0.453 e. The number of hydrogen-bond acceptors (Lipinski definition) is 7. The highest BCUT2D eigenvalue weighted by molar-refractivity contribution is 7.20. The van der Waals surface area contributed by atoms with Crippen molar-refractivity contribution in [2.24, 2.45) is 0 Å². The molecule has 29 heavy (non-hydrogen) atoms. The number of rotatable bonds is 7. The lowest BCUT2D eigenvalue weighted by molar-refractivity contribution is 0.0462. The van der Waals surface area contributed by atoms with Gasteiger partial charge in [-0.2, -0.15) is 5.10 Å². The Hall–Kier alpha value is -3.07. The maximum absolute atomic E-state index is 12.6. The minimum absolute atomic E-state index is 0.0502. The van der Waals surface area contributed by atoms with Gasteiger partial charge in [-0.15, -0.1) is 16.4 Å². The predicted octanol–water partition coefficient (Wildman–Crippen LogP) is 3.52. The first-order valence-corrected chi connectivity index (χ1v) is 10.3. The van der Waals surface area contributed by atoms with Crippen LogP contribution in [0.4, 0.5) is 0 Å². The van der Waals surface area contributed by atoms with Gasteiger partial charge in [-0.25, -0.2) is 9.48 Å². The van der Waals surface area contributed by atoms with Crippen LogP contribution in [0.5, 0.6) is 0 Å². The summed E-state index contributed by atoms with van der Waals surface area (Å²) in [5, 5.41) is 17.1. The second kappa shape index (κ2) is 8.12. The lowest BCUT2D eigenvalue weighted by Crippen LogP contribution is -2.10. The molecule has 0 N–H and O–H groups in total. The van der Waals surface area contributed by atoms with Gasteiger partial charge in [0.15, 0.2) is 12.4 Å². The fourth-order valence-corrected chi connectivity index (χ4v) is 4.15. The van der Waals surface area contributed by atoms with Crippen molar-refractivity contribution in [2.75, 3.05) is 0 Å². The van der Waals surface area contributed by atoms with Crippen LogP contribution in [0.3, 0.4) is 0 Å². The van der Waals surface area contributed by atoms with Gasteiger partial charge in [0.25, 0.3) is 0 Å². The highest BCUT2D eigenvalue weighted by Crippen LogP contribution is 2.29. The fraction of sp³-hybridized carbons (Fsp3) is 0.350. The van der Waals surface area contributed by atoms with E-state index in [0.717, 1.165) is 22.3 Å². The smallest absolute Gasteiger partial charge is 0.348 e. The van der Waals surface area contributed by atoms with Gasteiger partial charge in [0.1, 0.15) is 9.71 Å². The zero-order valence-corrected chi connectivity index (χ0v) is 17.4. The Kier molecular flexibility index (Phi) is 5.39. The van der Waals surface area contributed by atoms with Gasteiger partial charge in [-0.3, -0.25) is 4.68 Å². The molecule has 3 heterocycles. The Morgan fingerprint density at radius 3 is 2.72 bits per heavy atom. The Morgan fingerprint density at radius 1 is 1.17 bits per heavy atom. The van der Waals surface area contributed by atoms with Crippen molar-refractivity contribution in [1.82, 2.24) is 30.0 Å². The van der Waals surface area contributed by atoms with Crippen LogP contribution in [0.25, 0.3) is 10.2 Å². The third-order valence-corrected chi connectivity index (χ3v) is 5.76. The van der Waals surface area contributed by atoms with Gasteiger partial charge in [-0.05, 0) is 42.3 Å². The van der Waals surface area contributed by atoms with E-state index in [1.54, 1.807) is 4.68 Å². The molecule has 0 aliphatic carbocycles. The average Bonchev–Trinajstić information content (AvgIpc) is 3.40. The normalized spacial score (nSPS) is 11.3. The first-order chi connectivity index (χ1) is 14.0. The van der Waals surface area contributed by atoms with Crippen LogP contribution in [-0.2, 0) is 24.4 Å². The van der Waals surface area contributed by atoms with Gasteiger partial charge < -0.3 is 4.74 Å². The monoisotopic (exact) mass is 410 g/mol. The summed E-state index contributed by atoms with van der Waals surface area (Å²) >= 11 is 1.39. The van der Waals surface area contributed by atoms with E-state index in [1.807, 2.05) is 24.6 Å². The van der Waals surface area contributed by atoms with Crippen LogP contribution in [0.2, 0.25) is 0 Å². The number of aromatic nitrogens is 6. The molecule has 8 nitrogen and oxygen atoms in total. The molecule has 4 aromatic rings. The number of benzene rings is 1. The summed E-state index contributed by atoms with van der Waals surface area (Å²) < 4.78 is 9.05. The summed E-state index contributed by atoms with van der Waals surface area (Å²) in [4.78, 5) is 14.1. The molecule has 150 valence electrons. The molecule has 0 radical (unpaired) electrons. The summed E-state index contributed by atoms with van der Waals surface area (Å²) in [6.45, 7) is 7.46. The van der Waals surface area contributed by atoms with E-state index < -0.39 is 0 Å². The van der Waals surface area contributed by atoms with Gasteiger partial charge in [-0.1, -0.05) is 36.8 Å². The summed E-state index contributed by atoms with van der Waals surface area (Å²) in [7, 11) is 0. The first kappa shape index (κ1) is 19.3. The van der Waals surface area contributed by atoms with Crippen molar-refractivity contribution >= 4 is 27.5 Å². The standard InChI is InChI=1S/C20H22N6O2S/c1-4-9-25-18(21-23-24-25)12-28-20(27)17-10-16-14(3)22-26(19(16)29-17)11-15-7-5-13(2)6-8-15/h5-8,10H,4,9,11-12H2,1-3H3. The molecule has 3 aromatic heterocycles. The number of aryl methyl sites for hydroxylation is 3. The molecule has 0 aliphatic heterocycles. The van der Waals surface area contributed by atoms with E-state index in [-0.39, 0.29) is 12.6 Å². The van der Waals surface area contributed by atoms with E-state index in [9.17, 15) is 4.79 Å². The molecule has 9 heteroatoms. The van der Waals surface area contributed by atoms with E-state index >= 15 is 0 Å². The molecular formula is C20H22N6O2S. The van der Waals surface area contributed by atoms with Gasteiger partial charge in [0, 0.05) is 11.9 Å². The van der Waals surface area contributed by atoms with E-state index in [0.29, 0.717) is 23.8 Å². The number of ether oxygens (including phenoxy) is 1. The highest BCUT2D eigenvalue weighted by Gasteiger charge is 2.18. The van der Waals surface area contributed by atoms with Gasteiger partial charge in [0.2, 0.25) is 0 Å². The van der Waals surface area contributed by atoms with Crippen molar-refractivity contribution < 1.29 is 9.53 Å². The first-order valence-electron chi connectivity index (χ1n) is 9.49. The Labute approximate surface area is 172 Å². The number of carbonyl (C=O) groups excluding carboxylic acids is 1. The molecule has 0 fully saturated rings. The van der Waals surface area contributed by atoms with Gasteiger partial charge in [0.05, 0.1) is 12.2 Å². The lowest BCUT2D eigenvalue weighted by atomic mass is 10.1. The molecule has 4 rings (SSSR count). The molecule has 0 aliphatic rings. The minimum atomic E-state index is -0.376. The van der Waals surface area contributed by atoms with E-state index in [4.69, 9.17) is 4.74 Å². The fourth-order valence-electron chi connectivity index (χ4n) is 3.10. The van der Waals surface area contributed by atoms with Crippen LogP contribution >= 0.6 is 11.3 Å². The van der Waals surface area contributed by atoms with Crippen molar-refractivity contribution in [2.45, 2.75) is 46.9 Å². The molecule has 0 amide bonds. The summed E-state index contributed by atoms with van der Waals surface area (Å²) in [6.07, 6.45) is 0.902. The van der Waals surface area contributed by atoms with Crippen LogP contribution in [0.15, 0.2) is 30.3 Å². The van der Waals surface area contributed by atoms with Crippen molar-refractivity contribution in [3.8, 4) is 0 Å². The maximum Gasteiger partial charge on any atom is 0.348 e. The summed E-state index contributed by atoms with van der Waals surface area (Å²) in [6, 6.07) is 10.2. The van der Waals surface area contributed by atoms with Crippen LogP contribution in [0.1, 0.15) is 45.7 Å². The molecule has 0 saturated heterocycles. The molecule has 0 unspecified atom stereocenters. The Bertz CT molecular complexity index is 1140. The molecule has 0 spiro atoms. The number of carbonyl (C=O) groups is 1. The Morgan fingerprint density at radius 2 is 1.97 bits per heavy atom. The predicted molar refractivity (Wildman–Crippen MR) is 110 cm³/mol. The van der Waals surface area contributed by atoms with E-state index in [1.165, 1.54) is 22.5 Å². The maximum atomic E-state index is 12.6. The van der Waals surface area contributed by atoms with E-state index in [2.05, 4.69) is 51.8 Å². The number of esters is 1. The zero-order valence-electron chi connectivity index (χ0n) is 16.6. The SMILES string of the molecule is CCCn1nnnc1COC(=O)c1cc2c(C)nn(Cc3ccc(C)cc3)c2s1. The third-order valence-electron chi connectivity index (χ3n) is 4.64. The van der Waals surface area contributed by atoms with Crippen LogP contribution in [-0.4, -0.2) is 36.0 Å². The second-order valence-corrected chi connectivity index (χ2v) is 7.98. The van der Waals surface area contributed by atoms with Crippen molar-refractivity contribution in [1.29, 1.82) is 0 Å². The molecule has 0 atom stereocenters. The molecule has 1 aromatic carbocycles. The summed E-state index contributed by atoms with van der Waals surface area (Å²) in [5.74, 6) is 0.168. The van der Waals surface area contributed by atoms with Crippen LogP contribution < -0.4 is 0 Å². The van der Waals surface area contributed by atoms with Crippen molar-refractivity contribution in [3.05, 3.63) is 57.9 Å². The molecule has 0 saturated carbocycles. The number of thiophene rings is 1. The number of tetrazole rings is 1. The summed E-state index contributed by atoms with van der Waals surface area (Å²) in [5.41, 5.74) is 3.29. The number of nitrogens with zero attached hydrogens (tertiary/aromatic N) is 6.